The molecule has 4 nitrogen and oxygen atoms in total. The maximum Gasteiger partial charge on any atom is 0.244 e. The number of carbonyl (C=O) groups excluding carboxylic acids is 1. The first-order valence-corrected chi connectivity index (χ1v) is 9.48. The molecule has 1 aliphatic heterocycles. The van der Waals surface area contributed by atoms with Crippen LogP contribution in [-0.2, 0) is 15.6 Å². The quantitative estimate of drug-likeness (QED) is 0.905. The molecule has 20 heavy (non-hydrogen) atoms. The highest BCUT2D eigenvalue weighted by atomic mass is 32.2. The van der Waals surface area contributed by atoms with Gasteiger partial charge in [0.25, 0.3) is 0 Å². The summed E-state index contributed by atoms with van der Waals surface area (Å²) in [6, 6.07) is 2.00. The fourth-order valence-corrected chi connectivity index (χ4v) is 4.16. The van der Waals surface area contributed by atoms with Crippen LogP contribution in [0.1, 0.15) is 38.9 Å². The molecule has 1 aromatic heterocycles. The van der Waals surface area contributed by atoms with E-state index in [9.17, 15) is 9.00 Å². The Morgan fingerprint density at radius 3 is 2.80 bits per heavy atom. The number of hydrogen-bond acceptors (Lipinski definition) is 4. The SMILES string of the molecule is CCC1(C)NC(c2ccsc2)N(C(C)CS(C)=O)C1=O. The van der Waals surface area contributed by atoms with E-state index in [2.05, 4.69) is 10.7 Å². The number of nitrogens with zero attached hydrogens (tertiary/aromatic N) is 1. The second-order valence-corrected chi connectivity index (χ2v) is 7.85. The van der Waals surface area contributed by atoms with Crippen LogP contribution in [-0.4, -0.2) is 38.6 Å². The molecule has 1 N–H and O–H groups in total. The first-order valence-electron chi connectivity index (χ1n) is 6.81. The lowest BCUT2D eigenvalue weighted by Crippen LogP contribution is -2.45. The molecule has 0 bridgehead atoms. The Morgan fingerprint density at radius 1 is 1.60 bits per heavy atom. The minimum absolute atomic E-state index is 0.0425. The number of hydrogen-bond donors (Lipinski definition) is 1. The molecule has 0 aliphatic carbocycles. The van der Waals surface area contributed by atoms with Gasteiger partial charge in [0.2, 0.25) is 5.91 Å². The highest BCUT2D eigenvalue weighted by molar-refractivity contribution is 7.84. The van der Waals surface area contributed by atoms with Crippen molar-refractivity contribution in [2.75, 3.05) is 12.0 Å². The third-order valence-corrected chi connectivity index (χ3v) is 5.61. The van der Waals surface area contributed by atoms with E-state index in [1.807, 2.05) is 37.1 Å². The summed E-state index contributed by atoms with van der Waals surface area (Å²) in [6.45, 7) is 5.94. The molecule has 1 saturated heterocycles. The van der Waals surface area contributed by atoms with E-state index >= 15 is 0 Å². The zero-order valence-corrected chi connectivity index (χ0v) is 14.0. The summed E-state index contributed by atoms with van der Waals surface area (Å²) >= 11 is 1.63. The van der Waals surface area contributed by atoms with Gasteiger partial charge in [0.15, 0.2) is 0 Å². The Labute approximate surface area is 127 Å². The van der Waals surface area contributed by atoms with Gasteiger partial charge in [-0.3, -0.25) is 14.3 Å². The van der Waals surface area contributed by atoms with Crippen LogP contribution in [0.3, 0.4) is 0 Å². The normalized spacial score (nSPS) is 29.7. The minimum Gasteiger partial charge on any atom is -0.318 e. The second-order valence-electron chi connectivity index (χ2n) is 5.59. The average molecular weight is 314 g/mol. The molecular weight excluding hydrogens is 292 g/mol. The van der Waals surface area contributed by atoms with Gasteiger partial charge in [-0.25, -0.2) is 0 Å². The predicted octanol–water partition coefficient (Wildman–Crippen LogP) is 2.11. The highest BCUT2D eigenvalue weighted by Crippen LogP contribution is 2.35. The van der Waals surface area contributed by atoms with Crippen molar-refractivity contribution >= 4 is 28.0 Å². The van der Waals surface area contributed by atoms with Crippen LogP contribution in [0.4, 0.5) is 0 Å². The summed E-state index contributed by atoms with van der Waals surface area (Å²) < 4.78 is 11.5. The fraction of sp³-hybridized carbons (Fsp3) is 0.643. The molecule has 2 heterocycles. The summed E-state index contributed by atoms with van der Waals surface area (Å²) in [4.78, 5) is 14.6. The average Bonchev–Trinajstić information content (AvgIpc) is 2.97. The Balaban J connectivity index is 2.33. The van der Waals surface area contributed by atoms with E-state index < -0.39 is 16.3 Å². The van der Waals surface area contributed by atoms with Crippen LogP contribution in [0.25, 0.3) is 0 Å². The molecule has 0 saturated carbocycles. The van der Waals surface area contributed by atoms with Gasteiger partial charge in [-0.1, -0.05) is 6.92 Å². The van der Waals surface area contributed by atoms with Gasteiger partial charge in [-0.05, 0) is 42.7 Å². The van der Waals surface area contributed by atoms with E-state index in [1.54, 1.807) is 17.6 Å². The zero-order chi connectivity index (χ0) is 14.9. The van der Waals surface area contributed by atoms with Crippen LogP contribution >= 0.6 is 11.3 Å². The third-order valence-electron chi connectivity index (χ3n) is 3.96. The number of carbonyl (C=O) groups is 1. The van der Waals surface area contributed by atoms with Crippen LogP contribution in [0, 0.1) is 0 Å². The van der Waals surface area contributed by atoms with Gasteiger partial charge >= 0.3 is 0 Å². The Hall–Kier alpha value is -0.720. The third kappa shape index (κ3) is 2.82. The Bertz CT molecular complexity index is 503. The Kier molecular flexibility index (Phi) is 4.66. The lowest BCUT2D eigenvalue weighted by Gasteiger charge is -2.29. The van der Waals surface area contributed by atoms with Crippen LogP contribution in [0.5, 0.6) is 0 Å². The molecule has 1 fully saturated rings. The van der Waals surface area contributed by atoms with E-state index in [-0.39, 0.29) is 18.1 Å². The molecule has 1 aromatic rings. The van der Waals surface area contributed by atoms with Gasteiger partial charge < -0.3 is 4.90 Å². The molecule has 112 valence electrons. The zero-order valence-electron chi connectivity index (χ0n) is 12.4. The summed E-state index contributed by atoms with van der Waals surface area (Å²) in [6.07, 6.45) is 2.31. The van der Waals surface area contributed by atoms with E-state index in [1.165, 1.54) is 0 Å². The monoisotopic (exact) mass is 314 g/mol. The summed E-state index contributed by atoms with van der Waals surface area (Å²) in [7, 11) is -0.914. The topological polar surface area (TPSA) is 49.4 Å². The van der Waals surface area contributed by atoms with Crippen LogP contribution < -0.4 is 5.32 Å². The lowest BCUT2D eigenvalue weighted by atomic mass is 9.99. The summed E-state index contributed by atoms with van der Waals surface area (Å²) in [5.74, 6) is 0.613. The van der Waals surface area contributed by atoms with Crippen molar-refractivity contribution in [1.82, 2.24) is 10.2 Å². The van der Waals surface area contributed by atoms with E-state index in [4.69, 9.17) is 0 Å². The van der Waals surface area contributed by atoms with E-state index in [0.29, 0.717) is 5.75 Å². The van der Waals surface area contributed by atoms with Crippen molar-refractivity contribution < 1.29 is 9.00 Å². The largest absolute Gasteiger partial charge is 0.318 e. The molecule has 2 rings (SSSR count). The number of rotatable bonds is 5. The fourth-order valence-electron chi connectivity index (χ4n) is 2.64. The molecular formula is C14H22N2O2S2. The van der Waals surface area contributed by atoms with Crippen LogP contribution in [0.15, 0.2) is 16.8 Å². The lowest BCUT2D eigenvalue weighted by molar-refractivity contribution is -0.134. The van der Waals surface area contributed by atoms with Crippen molar-refractivity contribution in [3.8, 4) is 0 Å². The smallest absolute Gasteiger partial charge is 0.244 e. The number of thiophene rings is 1. The minimum atomic E-state index is -0.914. The first kappa shape index (κ1) is 15.7. The van der Waals surface area contributed by atoms with Gasteiger partial charge in [0.05, 0.1) is 5.54 Å². The van der Waals surface area contributed by atoms with Gasteiger partial charge in [0.1, 0.15) is 6.17 Å². The van der Waals surface area contributed by atoms with Gasteiger partial charge in [0, 0.05) is 28.9 Å². The van der Waals surface area contributed by atoms with Crippen molar-refractivity contribution in [3.05, 3.63) is 22.4 Å². The number of nitrogens with one attached hydrogen (secondary N) is 1. The molecule has 4 unspecified atom stereocenters. The molecule has 0 aromatic carbocycles. The summed E-state index contributed by atoms with van der Waals surface area (Å²) in [5.41, 5.74) is 0.574. The van der Waals surface area contributed by atoms with Gasteiger partial charge in [-0.2, -0.15) is 11.3 Å². The molecule has 1 amide bonds. The van der Waals surface area contributed by atoms with Crippen molar-refractivity contribution in [2.24, 2.45) is 0 Å². The predicted molar refractivity (Wildman–Crippen MR) is 84.1 cm³/mol. The Morgan fingerprint density at radius 2 is 2.30 bits per heavy atom. The van der Waals surface area contributed by atoms with Crippen molar-refractivity contribution in [1.29, 1.82) is 0 Å². The second kappa shape index (κ2) is 5.95. The van der Waals surface area contributed by atoms with Gasteiger partial charge in [-0.15, -0.1) is 0 Å². The first-order chi connectivity index (χ1) is 9.39. The molecule has 1 aliphatic rings. The van der Waals surface area contributed by atoms with Crippen molar-refractivity contribution in [3.63, 3.8) is 0 Å². The molecule has 0 radical (unpaired) electrons. The van der Waals surface area contributed by atoms with Crippen molar-refractivity contribution in [2.45, 2.75) is 44.9 Å². The van der Waals surface area contributed by atoms with Crippen LogP contribution in [0.2, 0.25) is 0 Å². The maximum absolute atomic E-state index is 12.8. The maximum atomic E-state index is 12.8. The highest BCUT2D eigenvalue weighted by Gasteiger charge is 2.48. The number of amides is 1. The molecule has 0 spiro atoms. The standard InChI is InChI=1S/C14H22N2O2S2/c1-5-14(3)13(17)16(10(2)9-20(4)18)12(15-14)11-6-7-19-8-11/h6-8,10,12,15H,5,9H2,1-4H3. The molecule has 4 atom stereocenters. The summed E-state index contributed by atoms with van der Waals surface area (Å²) in [5, 5.41) is 7.54. The molecule has 6 heteroatoms. The van der Waals surface area contributed by atoms with E-state index in [0.717, 1.165) is 12.0 Å².